The molecule has 1 amide bonds. The lowest BCUT2D eigenvalue weighted by atomic mass is 9.95. The van der Waals surface area contributed by atoms with Crippen molar-refractivity contribution in [3.63, 3.8) is 0 Å². The van der Waals surface area contributed by atoms with Crippen molar-refractivity contribution in [1.82, 2.24) is 5.32 Å². The highest BCUT2D eigenvalue weighted by molar-refractivity contribution is 5.83. The minimum Gasteiger partial charge on any atom is -0.371 e. The molecular weight excluding hydrogens is 296 g/mol. The molecule has 0 aliphatic carbocycles. The van der Waals surface area contributed by atoms with Gasteiger partial charge >= 0.3 is 0 Å². The quantitative estimate of drug-likeness (QED) is 0.877. The predicted octanol–water partition coefficient (Wildman–Crippen LogP) is 3.82. The first-order valence-corrected chi connectivity index (χ1v) is 8.90. The fourth-order valence-electron chi connectivity index (χ4n) is 3.50. The number of nitrogens with zero attached hydrogens (tertiary/aromatic N) is 1. The Balaban J connectivity index is 1.52. The highest BCUT2D eigenvalue weighted by Crippen LogP contribution is 2.24. The number of anilines is 1. The van der Waals surface area contributed by atoms with E-state index in [1.54, 1.807) is 0 Å². The number of carbonyl (C=O) groups excluding carboxylic acids is 1. The molecule has 0 saturated carbocycles. The topological polar surface area (TPSA) is 32.3 Å². The third-order valence-electron chi connectivity index (χ3n) is 4.90. The van der Waals surface area contributed by atoms with Crippen molar-refractivity contribution < 1.29 is 4.79 Å². The van der Waals surface area contributed by atoms with Crippen LogP contribution in [0, 0.1) is 5.92 Å². The van der Waals surface area contributed by atoms with E-state index in [1.165, 1.54) is 5.69 Å². The predicted molar refractivity (Wildman–Crippen MR) is 99.2 cm³/mol. The first-order chi connectivity index (χ1) is 11.8. The second kappa shape index (κ2) is 8.00. The van der Waals surface area contributed by atoms with E-state index in [0.717, 1.165) is 38.0 Å². The molecule has 3 nitrogen and oxygen atoms in total. The number of hydrogen-bond acceptors (Lipinski definition) is 2. The van der Waals surface area contributed by atoms with Crippen LogP contribution >= 0.6 is 0 Å². The molecule has 1 aliphatic rings. The van der Waals surface area contributed by atoms with Gasteiger partial charge in [0.15, 0.2) is 0 Å². The summed E-state index contributed by atoms with van der Waals surface area (Å²) in [4.78, 5) is 15.0. The molecule has 2 atom stereocenters. The molecule has 3 rings (SSSR count). The maximum atomic E-state index is 12.6. The summed E-state index contributed by atoms with van der Waals surface area (Å²) in [5.74, 6) is 0.641. The van der Waals surface area contributed by atoms with Gasteiger partial charge < -0.3 is 10.2 Å². The van der Waals surface area contributed by atoms with Crippen molar-refractivity contribution in [2.45, 2.75) is 25.7 Å². The van der Waals surface area contributed by atoms with Crippen molar-refractivity contribution in [1.29, 1.82) is 0 Å². The Morgan fingerprint density at radius 3 is 2.46 bits per heavy atom. The summed E-state index contributed by atoms with van der Waals surface area (Å²) in [6.07, 6.45) is 1.97. The minimum atomic E-state index is -0.0437. The third kappa shape index (κ3) is 3.97. The molecule has 0 bridgehead atoms. The Morgan fingerprint density at radius 1 is 1.12 bits per heavy atom. The largest absolute Gasteiger partial charge is 0.371 e. The lowest BCUT2D eigenvalue weighted by Crippen LogP contribution is -2.34. The van der Waals surface area contributed by atoms with Crippen LogP contribution in [0.25, 0.3) is 0 Å². The van der Waals surface area contributed by atoms with Gasteiger partial charge in [0.05, 0.1) is 5.92 Å². The fraction of sp³-hybridized carbons (Fsp3) is 0.381. The molecule has 1 saturated heterocycles. The number of para-hydroxylation sites is 1. The molecule has 1 fully saturated rings. The monoisotopic (exact) mass is 322 g/mol. The molecule has 24 heavy (non-hydrogen) atoms. The summed E-state index contributed by atoms with van der Waals surface area (Å²) >= 11 is 0. The van der Waals surface area contributed by atoms with E-state index in [4.69, 9.17) is 0 Å². The number of amides is 1. The molecule has 3 heteroatoms. The van der Waals surface area contributed by atoms with Gasteiger partial charge in [0, 0.05) is 25.3 Å². The average molecular weight is 322 g/mol. The maximum absolute atomic E-state index is 12.6. The molecule has 1 N–H and O–H groups in total. The van der Waals surface area contributed by atoms with E-state index in [0.29, 0.717) is 5.92 Å². The van der Waals surface area contributed by atoms with Crippen LogP contribution in [0.1, 0.15) is 31.2 Å². The highest BCUT2D eigenvalue weighted by Gasteiger charge is 2.24. The first kappa shape index (κ1) is 16.6. The molecule has 0 radical (unpaired) electrons. The van der Waals surface area contributed by atoms with Gasteiger partial charge in [-0.15, -0.1) is 0 Å². The van der Waals surface area contributed by atoms with Crippen LogP contribution < -0.4 is 10.2 Å². The van der Waals surface area contributed by atoms with Crippen LogP contribution in [0.5, 0.6) is 0 Å². The fourth-order valence-corrected chi connectivity index (χ4v) is 3.50. The maximum Gasteiger partial charge on any atom is 0.227 e. The normalized spacial score (nSPS) is 18.4. The molecule has 1 heterocycles. The van der Waals surface area contributed by atoms with E-state index in [1.807, 2.05) is 36.4 Å². The molecule has 126 valence electrons. The number of nitrogens with one attached hydrogen (secondary N) is 1. The summed E-state index contributed by atoms with van der Waals surface area (Å²) < 4.78 is 0. The summed E-state index contributed by atoms with van der Waals surface area (Å²) in [6, 6.07) is 20.6. The van der Waals surface area contributed by atoms with Gasteiger partial charge in [0.25, 0.3) is 0 Å². The molecule has 0 aromatic heterocycles. The van der Waals surface area contributed by atoms with Crippen molar-refractivity contribution in [2.75, 3.05) is 24.5 Å². The molecular formula is C21H26N2O. The second-order valence-corrected chi connectivity index (χ2v) is 6.55. The van der Waals surface area contributed by atoms with Crippen LogP contribution in [0.15, 0.2) is 60.7 Å². The van der Waals surface area contributed by atoms with E-state index in [2.05, 4.69) is 41.4 Å². The van der Waals surface area contributed by atoms with Crippen LogP contribution in [0.2, 0.25) is 0 Å². The number of benzene rings is 2. The average Bonchev–Trinajstić information content (AvgIpc) is 3.11. The zero-order chi connectivity index (χ0) is 16.8. The van der Waals surface area contributed by atoms with Gasteiger partial charge in [0.2, 0.25) is 5.91 Å². The summed E-state index contributed by atoms with van der Waals surface area (Å²) in [5.41, 5.74) is 2.39. The van der Waals surface area contributed by atoms with E-state index < -0.39 is 0 Å². The van der Waals surface area contributed by atoms with Gasteiger partial charge in [-0.1, -0.05) is 55.5 Å². The molecule has 0 spiro atoms. The highest BCUT2D eigenvalue weighted by atomic mass is 16.1. The van der Waals surface area contributed by atoms with Gasteiger partial charge in [-0.3, -0.25) is 4.79 Å². The van der Waals surface area contributed by atoms with Crippen molar-refractivity contribution in [2.24, 2.45) is 5.92 Å². The Hall–Kier alpha value is -2.29. The van der Waals surface area contributed by atoms with E-state index in [-0.39, 0.29) is 11.8 Å². The van der Waals surface area contributed by atoms with Crippen molar-refractivity contribution in [3.05, 3.63) is 66.2 Å². The van der Waals surface area contributed by atoms with Crippen LogP contribution in [0.4, 0.5) is 5.69 Å². The van der Waals surface area contributed by atoms with Crippen LogP contribution in [0.3, 0.4) is 0 Å². The van der Waals surface area contributed by atoms with Gasteiger partial charge in [-0.25, -0.2) is 0 Å². The third-order valence-corrected chi connectivity index (χ3v) is 4.90. The van der Waals surface area contributed by atoms with E-state index >= 15 is 0 Å². The SMILES string of the molecule is CC[C@H](C(=O)NC[C@H]1CCN(c2ccccc2)C1)c1ccccc1. The summed E-state index contributed by atoms with van der Waals surface area (Å²) in [7, 11) is 0. The zero-order valence-corrected chi connectivity index (χ0v) is 14.3. The first-order valence-electron chi connectivity index (χ1n) is 8.90. The Kier molecular flexibility index (Phi) is 5.52. The van der Waals surface area contributed by atoms with E-state index in [9.17, 15) is 4.79 Å². The zero-order valence-electron chi connectivity index (χ0n) is 14.3. The summed E-state index contributed by atoms with van der Waals surface area (Å²) in [5, 5.41) is 3.18. The lowest BCUT2D eigenvalue weighted by molar-refractivity contribution is -0.122. The Morgan fingerprint density at radius 2 is 1.79 bits per heavy atom. The van der Waals surface area contributed by atoms with Crippen LogP contribution in [-0.2, 0) is 4.79 Å². The van der Waals surface area contributed by atoms with Gasteiger partial charge in [0.1, 0.15) is 0 Å². The lowest BCUT2D eigenvalue weighted by Gasteiger charge is -2.20. The Bertz CT molecular complexity index is 641. The number of hydrogen-bond donors (Lipinski definition) is 1. The van der Waals surface area contributed by atoms with Crippen molar-refractivity contribution in [3.8, 4) is 0 Å². The van der Waals surface area contributed by atoms with Gasteiger partial charge in [-0.2, -0.15) is 0 Å². The van der Waals surface area contributed by atoms with Crippen LogP contribution in [-0.4, -0.2) is 25.5 Å². The molecule has 2 aromatic rings. The standard InChI is InChI=1S/C21H26N2O/c1-2-20(18-9-5-3-6-10-18)21(24)22-15-17-13-14-23(16-17)19-11-7-4-8-12-19/h3-12,17,20H,2,13-16H2,1H3,(H,22,24)/t17-,20+/m1/s1. The van der Waals surface area contributed by atoms with Crippen molar-refractivity contribution >= 4 is 11.6 Å². The smallest absolute Gasteiger partial charge is 0.227 e. The molecule has 1 aliphatic heterocycles. The number of rotatable bonds is 6. The molecule has 2 aromatic carbocycles. The minimum absolute atomic E-state index is 0.0437. The number of carbonyl (C=O) groups is 1. The Labute approximate surface area is 144 Å². The second-order valence-electron chi connectivity index (χ2n) is 6.55. The summed E-state index contributed by atoms with van der Waals surface area (Å²) in [6.45, 7) is 4.93. The molecule has 0 unspecified atom stereocenters. The van der Waals surface area contributed by atoms with Gasteiger partial charge in [-0.05, 0) is 36.5 Å².